The van der Waals surface area contributed by atoms with Crippen molar-refractivity contribution in [1.29, 1.82) is 0 Å². The summed E-state index contributed by atoms with van der Waals surface area (Å²) in [6, 6.07) is 53.2. The Morgan fingerprint density at radius 2 is 0.735 bits per heavy atom. The van der Waals surface area contributed by atoms with Crippen molar-refractivity contribution in [3.8, 4) is 44.5 Å². The maximum absolute atomic E-state index is 2.47. The van der Waals surface area contributed by atoms with Crippen molar-refractivity contribution in [1.82, 2.24) is 0 Å². The van der Waals surface area contributed by atoms with Crippen molar-refractivity contribution in [3.05, 3.63) is 167 Å². The molecule has 0 unspecified atom stereocenters. The lowest BCUT2D eigenvalue weighted by molar-refractivity contribution is 0.660. The first-order valence-electron chi connectivity index (χ1n) is 17.6. The van der Waals surface area contributed by atoms with Crippen LogP contribution in [0.3, 0.4) is 0 Å². The average molecular weight is 627 g/mol. The van der Waals surface area contributed by atoms with E-state index in [-0.39, 0.29) is 10.8 Å². The van der Waals surface area contributed by atoms with Crippen LogP contribution in [0.1, 0.15) is 55.5 Å². The lowest BCUT2D eigenvalue weighted by Crippen LogP contribution is -2.14. The van der Waals surface area contributed by atoms with Crippen LogP contribution in [-0.4, -0.2) is 0 Å². The highest BCUT2D eigenvalue weighted by Gasteiger charge is 2.36. The molecule has 0 atom stereocenters. The Bertz CT molecular complexity index is 2720. The zero-order valence-corrected chi connectivity index (χ0v) is 28.8. The van der Waals surface area contributed by atoms with Crippen LogP contribution in [0.5, 0.6) is 0 Å². The molecule has 0 spiro atoms. The van der Waals surface area contributed by atoms with Gasteiger partial charge in [-0.1, -0.05) is 149 Å². The summed E-state index contributed by atoms with van der Waals surface area (Å²) >= 11 is 0. The molecule has 0 heteroatoms. The zero-order valence-electron chi connectivity index (χ0n) is 28.8. The zero-order chi connectivity index (χ0) is 33.2. The molecule has 8 aromatic carbocycles. The van der Waals surface area contributed by atoms with Crippen LogP contribution < -0.4 is 0 Å². The molecule has 0 nitrogen and oxygen atoms in total. The maximum Gasteiger partial charge on any atom is 0.0159 e. The number of rotatable bonds is 2. The number of benzene rings is 8. The van der Waals surface area contributed by atoms with Gasteiger partial charge in [-0.25, -0.2) is 0 Å². The summed E-state index contributed by atoms with van der Waals surface area (Å²) < 4.78 is 0. The molecule has 234 valence electrons. The van der Waals surface area contributed by atoms with Gasteiger partial charge in [-0.3, -0.25) is 0 Å². The van der Waals surface area contributed by atoms with E-state index >= 15 is 0 Å². The van der Waals surface area contributed by atoms with Crippen molar-refractivity contribution < 1.29 is 0 Å². The van der Waals surface area contributed by atoms with Crippen LogP contribution in [0, 0.1) is 6.92 Å². The van der Waals surface area contributed by atoms with E-state index in [4.69, 9.17) is 0 Å². The third-order valence-electron chi connectivity index (χ3n) is 11.9. The van der Waals surface area contributed by atoms with Gasteiger partial charge in [-0.2, -0.15) is 0 Å². The van der Waals surface area contributed by atoms with Gasteiger partial charge in [0.25, 0.3) is 0 Å². The minimum Gasteiger partial charge on any atom is -0.0619 e. The SMILES string of the molecule is Cc1ccc2c(-c3ccc4c(c3)C(C)(C)c3ccccc3-4)cc3c4ccccc4c(-c4ccc5c(c4)C(C)(C)c4ccccc4-5)cc3c2c1. The predicted octanol–water partition coefficient (Wildman–Crippen LogP) is 13.4. The van der Waals surface area contributed by atoms with Crippen LogP contribution >= 0.6 is 0 Å². The van der Waals surface area contributed by atoms with Crippen molar-refractivity contribution >= 4 is 32.3 Å². The van der Waals surface area contributed by atoms with Gasteiger partial charge in [0.15, 0.2) is 0 Å². The number of aryl methyl sites for hydroxylation is 1. The average Bonchev–Trinajstić information content (AvgIpc) is 3.50. The van der Waals surface area contributed by atoms with E-state index in [1.807, 2.05) is 0 Å². The van der Waals surface area contributed by atoms with Gasteiger partial charge in [0.2, 0.25) is 0 Å². The fourth-order valence-electron chi connectivity index (χ4n) is 9.34. The lowest BCUT2D eigenvalue weighted by Gasteiger charge is -2.23. The highest BCUT2D eigenvalue weighted by molar-refractivity contribution is 6.24. The second kappa shape index (κ2) is 9.80. The molecule has 0 N–H and O–H groups in total. The van der Waals surface area contributed by atoms with E-state index in [0.29, 0.717) is 0 Å². The van der Waals surface area contributed by atoms with E-state index in [1.165, 1.54) is 105 Å². The second-order valence-corrected chi connectivity index (χ2v) is 15.4. The van der Waals surface area contributed by atoms with Gasteiger partial charge in [0.05, 0.1) is 0 Å². The summed E-state index contributed by atoms with van der Waals surface area (Å²) in [5.41, 5.74) is 17.5. The van der Waals surface area contributed by atoms with Gasteiger partial charge >= 0.3 is 0 Å². The first kappa shape index (κ1) is 28.5. The molecular formula is C49H38. The topological polar surface area (TPSA) is 0 Å². The van der Waals surface area contributed by atoms with E-state index < -0.39 is 0 Å². The summed E-state index contributed by atoms with van der Waals surface area (Å²) in [5, 5.41) is 7.84. The molecule has 49 heavy (non-hydrogen) atoms. The molecule has 0 bridgehead atoms. The normalized spacial score (nSPS) is 15.0. The molecule has 0 aromatic heterocycles. The van der Waals surface area contributed by atoms with Gasteiger partial charge in [-0.05, 0) is 130 Å². The van der Waals surface area contributed by atoms with Gasteiger partial charge < -0.3 is 0 Å². The minimum absolute atomic E-state index is 0.0426. The third-order valence-corrected chi connectivity index (χ3v) is 11.9. The Morgan fingerprint density at radius 3 is 1.31 bits per heavy atom. The Labute approximate surface area is 288 Å². The van der Waals surface area contributed by atoms with Gasteiger partial charge in [-0.15, -0.1) is 0 Å². The van der Waals surface area contributed by atoms with Crippen LogP contribution in [0.2, 0.25) is 0 Å². The Balaban J connectivity index is 1.23. The van der Waals surface area contributed by atoms with Crippen molar-refractivity contribution in [3.63, 3.8) is 0 Å². The first-order chi connectivity index (χ1) is 23.7. The molecule has 0 aliphatic heterocycles. The van der Waals surface area contributed by atoms with Crippen LogP contribution in [0.4, 0.5) is 0 Å². The molecule has 2 aliphatic rings. The summed E-state index contributed by atoms with van der Waals surface area (Å²) in [5.74, 6) is 0. The first-order valence-corrected chi connectivity index (χ1v) is 17.6. The third kappa shape index (κ3) is 3.86. The molecule has 8 aromatic rings. The smallest absolute Gasteiger partial charge is 0.0159 e. The molecule has 10 rings (SSSR count). The van der Waals surface area contributed by atoms with Crippen molar-refractivity contribution in [2.24, 2.45) is 0 Å². The maximum atomic E-state index is 2.47. The monoisotopic (exact) mass is 626 g/mol. The molecular weight excluding hydrogens is 589 g/mol. The fraction of sp³-hybridized carbons (Fsp3) is 0.143. The second-order valence-electron chi connectivity index (χ2n) is 15.4. The molecule has 0 amide bonds. The highest BCUT2D eigenvalue weighted by Crippen LogP contribution is 2.52. The molecule has 0 fully saturated rings. The largest absolute Gasteiger partial charge is 0.0619 e. The molecule has 0 radical (unpaired) electrons. The summed E-state index contributed by atoms with van der Waals surface area (Å²) in [7, 11) is 0. The lowest BCUT2D eigenvalue weighted by atomic mass is 9.80. The van der Waals surface area contributed by atoms with Gasteiger partial charge in [0, 0.05) is 10.8 Å². The van der Waals surface area contributed by atoms with Crippen molar-refractivity contribution in [2.45, 2.75) is 45.4 Å². The van der Waals surface area contributed by atoms with Crippen molar-refractivity contribution in [2.75, 3.05) is 0 Å². The Morgan fingerprint density at radius 1 is 0.306 bits per heavy atom. The Kier molecular flexibility index (Phi) is 5.71. The fourth-order valence-corrected chi connectivity index (χ4v) is 9.34. The highest BCUT2D eigenvalue weighted by atomic mass is 14.4. The molecule has 0 saturated heterocycles. The van der Waals surface area contributed by atoms with Crippen LogP contribution in [0.15, 0.2) is 140 Å². The van der Waals surface area contributed by atoms with Crippen LogP contribution in [-0.2, 0) is 10.8 Å². The summed E-state index contributed by atoms with van der Waals surface area (Å²) in [4.78, 5) is 0. The molecule has 2 aliphatic carbocycles. The van der Waals surface area contributed by atoms with Gasteiger partial charge in [0.1, 0.15) is 0 Å². The predicted molar refractivity (Wildman–Crippen MR) is 210 cm³/mol. The van der Waals surface area contributed by atoms with E-state index in [0.717, 1.165) is 0 Å². The van der Waals surface area contributed by atoms with E-state index in [2.05, 4.69) is 174 Å². The summed E-state index contributed by atoms with van der Waals surface area (Å²) in [6.07, 6.45) is 0. The molecule has 0 saturated carbocycles. The summed E-state index contributed by atoms with van der Waals surface area (Å²) in [6.45, 7) is 11.7. The Hall–Kier alpha value is -5.46. The van der Waals surface area contributed by atoms with E-state index in [9.17, 15) is 0 Å². The van der Waals surface area contributed by atoms with E-state index in [1.54, 1.807) is 0 Å². The number of fused-ring (bicyclic) bond motifs is 11. The number of hydrogen-bond donors (Lipinski definition) is 0. The standard InChI is InChI=1S/C49H38/c1-29-18-21-34-40(31-20-23-38-36-15-9-11-17-45(36)49(4,5)47(38)26-31)27-42-33-13-7-6-12-32(33)39(28-43(42)41(34)24-29)30-19-22-37-35-14-8-10-16-44(35)48(2,3)46(37)25-30/h6-28H,1-5H3. The molecule has 0 heterocycles. The minimum atomic E-state index is -0.0431. The van der Waals surface area contributed by atoms with Crippen LogP contribution in [0.25, 0.3) is 76.8 Å². The number of hydrogen-bond acceptors (Lipinski definition) is 0. The quantitative estimate of drug-likeness (QED) is 0.168.